The summed E-state index contributed by atoms with van der Waals surface area (Å²) in [6.45, 7) is 1.93. The lowest BCUT2D eigenvalue weighted by Gasteiger charge is -2.35. The van der Waals surface area contributed by atoms with Crippen molar-refractivity contribution >= 4 is 33.8 Å². The van der Waals surface area contributed by atoms with Crippen LogP contribution in [0.2, 0.25) is 0 Å². The second-order valence-corrected chi connectivity index (χ2v) is 8.59. The third kappa shape index (κ3) is 3.78. The number of hydrogen-bond acceptors (Lipinski definition) is 5. The minimum absolute atomic E-state index is 0.185. The molecular formula is C28H27NO4. The van der Waals surface area contributed by atoms with Crippen LogP contribution in [0.5, 0.6) is 11.5 Å². The Bertz CT molecular complexity index is 1290. The maximum Gasteiger partial charge on any atom is 0.311 e. The summed E-state index contributed by atoms with van der Waals surface area (Å²) < 4.78 is 11.0. The van der Waals surface area contributed by atoms with E-state index in [0.29, 0.717) is 24.3 Å². The molecule has 0 unspecified atom stereocenters. The first-order chi connectivity index (χ1) is 16.1. The first-order valence-corrected chi connectivity index (χ1v) is 11.5. The molecule has 0 amide bonds. The first-order valence-electron chi connectivity index (χ1n) is 11.5. The van der Waals surface area contributed by atoms with Gasteiger partial charge >= 0.3 is 5.97 Å². The monoisotopic (exact) mass is 441 g/mol. The van der Waals surface area contributed by atoms with Gasteiger partial charge in [-0.2, -0.15) is 0 Å². The molecule has 2 aliphatic rings. The second-order valence-electron chi connectivity index (χ2n) is 8.59. The summed E-state index contributed by atoms with van der Waals surface area (Å²) in [6.07, 6.45) is 3.37. The highest BCUT2D eigenvalue weighted by Gasteiger charge is 2.35. The summed E-state index contributed by atoms with van der Waals surface area (Å²) in [5.41, 5.74) is 5.06. The smallest absolute Gasteiger partial charge is 0.311 e. The number of benzene rings is 3. The third-order valence-electron chi connectivity index (χ3n) is 6.47. The molecule has 1 heterocycles. The fourth-order valence-electron chi connectivity index (χ4n) is 4.98. The molecule has 3 aromatic carbocycles. The maximum atomic E-state index is 13.2. The average Bonchev–Trinajstić information content (AvgIpc) is 2.83. The molecule has 168 valence electrons. The number of ketones is 1. The Labute approximate surface area is 193 Å². The van der Waals surface area contributed by atoms with Crippen molar-refractivity contribution in [3.63, 3.8) is 0 Å². The number of methoxy groups -OCH3 is 1. The predicted molar refractivity (Wildman–Crippen MR) is 130 cm³/mol. The van der Waals surface area contributed by atoms with E-state index in [2.05, 4.69) is 29.6 Å². The van der Waals surface area contributed by atoms with Crippen molar-refractivity contribution in [2.45, 2.75) is 45.1 Å². The van der Waals surface area contributed by atoms with Crippen LogP contribution < -0.4 is 14.8 Å². The van der Waals surface area contributed by atoms with Gasteiger partial charge in [-0.3, -0.25) is 9.59 Å². The molecule has 0 saturated heterocycles. The number of esters is 1. The molecule has 0 bridgehead atoms. The molecule has 0 fully saturated rings. The molecule has 33 heavy (non-hydrogen) atoms. The molecule has 1 aliphatic heterocycles. The van der Waals surface area contributed by atoms with Gasteiger partial charge in [0.1, 0.15) is 0 Å². The Kier molecular flexibility index (Phi) is 5.63. The van der Waals surface area contributed by atoms with Gasteiger partial charge in [-0.05, 0) is 59.4 Å². The van der Waals surface area contributed by atoms with Crippen molar-refractivity contribution in [1.29, 1.82) is 0 Å². The van der Waals surface area contributed by atoms with Gasteiger partial charge in [0.25, 0.3) is 0 Å². The van der Waals surface area contributed by atoms with E-state index in [-0.39, 0.29) is 17.8 Å². The molecule has 5 nitrogen and oxygen atoms in total. The van der Waals surface area contributed by atoms with Crippen LogP contribution in [0.1, 0.15) is 56.2 Å². The Morgan fingerprint density at radius 2 is 1.91 bits per heavy atom. The first kappa shape index (κ1) is 21.3. The zero-order valence-corrected chi connectivity index (χ0v) is 18.9. The Morgan fingerprint density at radius 3 is 2.73 bits per heavy atom. The van der Waals surface area contributed by atoms with Gasteiger partial charge in [-0.25, -0.2) is 0 Å². The summed E-state index contributed by atoms with van der Waals surface area (Å²) in [5, 5.41) is 5.96. The third-order valence-corrected chi connectivity index (χ3v) is 6.47. The zero-order valence-electron chi connectivity index (χ0n) is 18.9. The lowest BCUT2D eigenvalue weighted by Crippen LogP contribution is -2.27. The van der Waals surface area contributed by atoms with Gasteiger partial charge in [-0.1, -0.05) is 43.3 Å². The molecule has 0 radical (unpaired) electrons. The number of nitrogens with one attached hydrogen (secondary N) is 1. The fraction of sp³-hybridized carbons (Fsp3) is 0.286. The average molecular weight is 442 g/mol. The van der Waals surface area contributed by atoms with Gasteiger partial charge in [0.05, 0.1) is 13.2 Å². The van der Waals surface area contributed by atoms with Gasteiger partial charge in [0.2, 0.25) is 0 Å². The van der Waals surface area contributed by atoms with Crippen molar-refractivity contribution < 1.29 is 19.1 Å². The molecule has 0 aromatic heterocycles. The van der Waals surface area contributed by atoms with Crippen LogP contribution in [-0.2, 0) is 9.59 Å². The van der Waals surface area contributed by atoms with E-state index >= 15 is 0 Å². The number of hydrogen-bond donors (Lipinski definition) is 1. The summed E-state index contributed by atoms with van der Waals surface area (Å²) in [5.74, 6) is 0.775. The lowest BCUT2D eigenvalue weighted by atomic mass is 9.77. The summed E-state index contributed by atoms with van der Waals surface area (Å²) >= 11 is 0. The van der Waals surface area contributed by atoms with Crippen LogP contribution in [0.3, 0.4) is 0 Å². The van der Waals surface area contributed by atoms with E-state index in [1.165, 1.54) is 10.8 Å². The maximum absolute atomic E-state index is 13.2. The van der Waals surface area contributed by atoms with Crippen LogP contribution in [0, 0.1) is 0 Å². The van der Waals surface area contributed by atoms with E-state index in [1.54, 1.807) is 13.2 Å². The molecule has 5 rings (SSSR count). The zero-order chi connectivity index (χ0) is 22.9. The van der Waals surface area contributed by atoms with E-state index in [0.717, 1.165) is 47.2 Å². The molecule has 0 saturated carbocycles. The van der Waals surface area contributed by atoms with E-state index in [4.69, 9.17) is 9.47 Å². The number of fused-ring (bicyclic) bond motifs is 4. The van der Waals surface area contributed by atoms with Crippen molar-refractivity contribution in [3.8, 4) is 11.5 Å². The van der Waals surface area contributed by atoms with Crippen LogP contribution in [0.25, 0.3) is 16.3 Å². The normalized spacial score (nSPS) is 17.3. The van der Waals surface area contributed by atoms with E-state index < -0.39 is 0 Å². The number of carbonyl (C=O) groups is 2. The molecule has 1 atom stereocenters. The van der Waals surface area contributed by atoms with E-state index in [9.17, 15) is 9.59 Å². The molecule has 1 N–H and O–H groups in total. The summed E-state index contributed by atoms with van der Waals surface area (Å²) in [4.78, 5) is 25.2. The standard InChI is InChI=1S/C28H27NO4/c1-3-7-25(31)33-23-15-13-18(16-24(23)32-2)28-27-20(10-6-11-22(27)30)26-19-9-5-4-8-17(19)12-14-21(26)29-28/h4-5,8-9,12-16,28-29H,3,6-7,10-11H2,1-2H3/t28-/m0/s1. The second kappa shape index (κ2) is 8.74. The van der Waals surface area contributed by atoms with Crippen molar-refractivity contribution in [2.24, 2.45) is 0 Å². The van der Waals surface area contributed by atoms with Gasteiger partial charge in [-0.15, -0.1) is 0 Å². The minimum Gasteiger partial charge on any atom is -0.493 e. The fourth-order valence-corrected chi connectivity index (χ4v) is 4.98. The van der Waals surface area contributed by atoms with Crippen LogP contribution in [-0.4, -0.2) is 18.9 Å². The Balaban J connectivity index is 1.61. The Hall–Kier alpha value is -3.60. The summed E-state index contributed by atoms with van der Waals surface area (Å²) in [6, 6.07) is 17.8. The van der Waals surface area contributed by atoms with E-state index in [1.807, 2.05) is 31.2 Å². The van der Waals surface area contributed by atoms with Crippen molar-refractivity contribution in [2.75, 3.05) is 12.4 Å². The highest BCUT2D eigenvalue weighted by molar-refractivity contribution is 6.12. The topological polar surface area (TPSA) is 64.6 Å². The minimum atomic E-state index is -0.285. The predicted octanol–water partition coefficient (Wildman–Crippen LogP) is 6.23. The van der Waals surface area contributed by atoms with Gasteiger partial charge in [0, 0.05) is 29.7 Å². The number of anilines is 1. The highest BCUT2D eigenvalue weighted by Crippen LogP contribution is 2.48. The van der Waals surface area contributed by atoms with Crippen LogP contribution >= 0.6 is 0 Å². The lowest BCUT2D eigenvalue weighted by molar-refractivity contribution is -0.134. The van der Waals surface area contributed by atoms with Gasteiger partial charge < -0.3 is 14.8 Å². The number of ether oxygens (including phenoxy) is 2. The van der Waals surface area contributed by atoms with Crippen LogP contribution in [0.4, 0.5) is 5.69 Å². The number of Topliss-reactive ketones (excluding diaryl/α,β-unsaturated/α-hetero) is 1. The SMILES string of the molecule is CCCC(=O)Oc1ccc([C@@H]2Nc3ccc4ccccc4c3C3=C2C(=O)CCC3)cc1OC. The van der Waals surface area contributed by atoms with Crippen molar-refractivity contribution in [1.82, 2.24) is 0 Å². The number of allylic oxidation sites excluding steroid dienone is 1. The Morgan fingerprint density at radius 1 is 1.06 bits per heavy atom. The molecular weight excluding hydrogens is 414 g/mol. The molecule has 3 aromatic rings. The summed E-state index contributed by atoms with van der Waals surface area (Å²) in [7, 11) is 1.56. The number of rotatable bonds is 5. The van der Waals surface area contributed by atoms with Crippen molar-refractivity contribution in [3.05, 3.63) is 71.3 Å². The molecule has 5 heteroatoms. The number of carbonyl (C=O) groups excluding carboxylic acids is 2. The largest absolute Gasteiger partial charge is 0.493 e. The highest BCUT2D eigenvalue weighted by atomic mass is 16.6. The van der Waals surface area contributed by atoms with Crippen LogP contribution in [0.15, 0.2) is 60.2 Å². The molecule has 1 aliphatic carbocycles. The van der Waals surface area contributed by atoms with Gasteiger partial charge in [0.15, 0.2) is 17.3 Å². The molecule has 0 spiro atoms. The quantitative estimate of drug-likeness (QED) is 0.376.